The highest BCUT2D eigenvalue weighted by atomic mass is 15.1. The summed E-state index contributed by atoms with van der Waals surface area (Å²) in [6.07, 6.45) is 0.849. The molecule has 0 atom stereocenters. The van der Waals surface area contributed by atoms with Crippen LogP contribution in [-0.2, 0) is 0 Å². The molecule has 0 fully saturated rings. The van der Waals surface area contributed by atoms with Crippen LogP contribution in [0.2, 0.25) is 0 Å². The van der Waals surface area contributed by atoms with Crippen molar-refractivity contribution >= 4 is 11.4 Å². The van der Waals surface area contributed by atoms with Gasteiger partial charge in [-0.15, -0.1) is 0 Å². The van der Waals surface area contributed by atoms with Crippen molar-refractivity contribution in [2.24, 2.45) is 5.41 Å². The number of hydrogen-bond acceptors (Lipinski definition) is 3. The zero-order chi connectivity index (χ0) is 14.3. The molecular formula is C16H25N3. The first kappa shape index (κ1) is 15.4. The van der Waals surface area contributed by atoms with Crippen LogP contribution in [-0.4, -0.2) is 19.6 Å². The molecule has 0 bridgehead atoms. The van der Waals surface area contributed by atoms with Gasteiger partial charge in [-0.1, -0.05) is 0 Å². The van der Waals surface area contributed by atoms with Crippen LogP contribution in [0.5, 0.6) is 0 Å². The van der Waals surface area contributed by atoms with Gasteiger partial charge in [-0.05, 0) is 58.4 Å². The minimum Gasteiger partial charge on any atom is -0.385 e. The highest BCUT2D eigenvalue weighted by Crippen LogP contribution is 2.20. The van der Waals surface area contributed by atoms with Crippen molar-refractivity contribution in [1.82, 2.24) is 0 Å². The Morgan fingerprint density at radius 3 is 2.21 bits per heavy atom. The van der Waals surface area contributed by atoms with Gasteiger partial charge in [0, 0.05) is 31.0 Å². The predicted octanol–water partition coefficient (Wildman–Crippen LogP) is 3.88. The molecule has 0 aliphatic rings. The van der Waals surface area contributed by atoms with E-state index in [0.29, 0.717) is 0 Å². The third kappa shape index (κ3) is 4.82. The Morgan fingerprint density at radius 2 is 1.74 bits per heavy atom. The largest absolute Gasteiger partial charge is 0.385 e. The molecule has 0 aromatic heterocycles. The summed E-state index contributed by atoms with van der Waals surface area (Å²) < 4.78 is 0. The van der Waals surface area contributed by atoms with Crippen molar-refractivity contribution in [1.29, 1.82) is 5.26 Å². The lowest BCUT2D eigenvalue weighted by Gasteiger charge is -2.21. The lowest BCUT2D eigenvalue weighted by atomic mass is 9.91. The summed E-state index contributed by atoms with van der Waals surface area (Å²) in [4.78, 5) is 2.32. The molecule has 0 aliphatic carbocycles. The third-order valence-electron chi connectivity index (χ3n) is 3.38. The number of nitrogens with zero attached hydrogens (tertiary/aromatic N) is 2. The Bertz CT molecular complexity index is 411. The summed E-state index contributed by atoms with van der Waals surface area (Å²) in [5.41, 5.74) is 2.12. The average Bonchev–Trinajstić information content (AvgIpc) is 2.42. The second kappa shape index (κ2) is 7.04. The van der Waals surface area contributed by atoms with Crippen LogP contribution >= 0.6 is 0 Å². The Balaban J connectivity index is 2.51. The minimum atomic E-state index is -0.256. The van der Waals surface area contributed by atoms with Gasteiger partial charge in [0.2, 0.25) is 0 Å². The Kier molecular flexibility index (Phi) is 5.69. The van der Waals surface area contributed by atoms with Crippen LogP contribution in [0.3, 0.4) is 0 Å². The maximum atomic E-state index is 8.96. The number of benzene rings is 1. The van der Waals surface area contributed by atoms with Crippen LogP contribution in [0.25, 0.3) is 0 Å². The lowest BCUT2D eigenvalue weighted by Crippen LogP contribution is -2.21. The van der Waals surface area contributed by atoms with Crippen LogP contribution in [0.15, 0.2) is 24.3 Å². The number of nitrogens with one attached hydrogen (secondary N) is 1. The molecule has 104 valence electrons. The van der Waals surface area contributed by atoms with Crippen molar-refractivity contribution in [3.63, 3.8) is 0 Å². The smallest absolute Gasteiger partial charge is 0.0684 e. The molecule has 1 N–H and O–H groups in total. The minimum absolute atomic E-state index is 0.256. The van der Waals surface area contributed by atoms with Gasteiger partial charge in [-0.2, -0.15) is 5.26 Å². The van der Waals surface area contributed by atoms with E-state index in [4.69, 9.17) is 5.26 Å². The second-order valence-electron chi connectivity index (χ2n) is 5.39. The third-order valence-corrected chi connectivity index (χ3v) is 3.38. The number of rotatable bonds is 7. The quantitative estimate of drug-likeness (QED) is 0.807. The van der Waals surface area contributed by atoms with Gasteiger partial charge in [0.05, 0.1) is 11.5 Å². The van der Waals surface area contributed by atoms with Crippen molar-refractivity contribution < 1.29 is 0 Å². The van der Waals surface area contributed by atoms with Gasteiger partial charge < -0.3 is 10.2 Å². The molecule has 0 saturated carbocycles. The molecular weight excluding hydrogens is 234 g/mol. The van der Waals surface area contributed by atoms with Gasteiger partial charge in [0.15, 0.2) is 0 Å². The molecule has 0 radical (unpaired) electrons. The molecule has 3 nitrogen and oxygen atoms in total. The molecule has 0 heterocycles. The normalized spacial score (nSPS) is 10.9. The fraction of sp³-hybridized carbons (Fsp3) is 0.562. The van der Waals surface area contributed by atoms with Crippen molar-refractivity contribution in [2.45, 2.75) is 34.1 Å². The Hall–Kier alpha value is -1.69. The van der Waals surface area contributed by atoms with Crippen molar-refractivity contribution in [3.05, 3.63) is 24.3 Å². The van der Waals surface area contributed by atoms with Crippen LogP contribution < -0.4 is 10.2 Å². The van der Waals surface area contributed by atoms with Crippen LogP contribution in [0.1, 0.15) is 34.1 Å². The molecule has 1 aromatic rings. The molecule has 1 rings (SSSR count). The van der Waals surface area contributed by atoms with E-state index in [1.807, 2.05) is 13.8 Å². The average molecular weight is 259 g/mol. The van der Waals surface area contributed by atoms with E-state index >= 15 is 0 Å². The van der Waals surface area contributed by atoms with E-state index < -0.39 is 0 Å². The van der Waals surface area contributed by atoms with Crippen molar-refractivity contribution in [3.8, 4) is 6.07 Å². The summed E-state index contributed by atoms with van der Waals surface area (Å²) in [5.74, 6) is 0. The molecule has 0 unspecified atom stereocenters. The Labute approximate surface area is 117 Å². The summed E-state index contributed by atoms with van der Waals surface area (Å²) in [7, 11) is 0. The first-order valence-corrected chi connectivity index (χ1v) is 7.02. The van der Waals surface area contributed by atoms with Gasteiger partial charge >= 0.3 is 0 Å². The van der Waals surface area contributed by atoms with Gasteiger partial charge in [0.1, 0.15) is 0 Å². The van der Waals surface area contributed by atoms with E-state index in [0.717, 1.165) is 31.7 Å². The zero-order valence-corrected chi connectivity index (χ0v) is 12.5. The molecule has 19 heavy (non-hydrogen) atoms. The molecule has 0 saturated heterocycles. The maximum absolute atomic E-state index is 8.96. The summed E-state index contributed by atoms with van der Waals surface area (Å²) >= 11 is 0. The molecule has 0 amide bonds. The fourth-order valence-electron chi connectivity index (χ4n) is 1.95. The van der Waals surface area contributed by atoms with Crippen molar-refractivity contribution in [2.75, 3.05) is 29.9 Å². The number of anilines is 2. The summed E-state index contributed by atoms with van der Waals surface area (Å²) in [6.45, 7) is 11.2. The number of nitriles is 1. The lowest BCUT2D eigenvalue weighted by molar-refractivity contribution is 0.466. The highest BCUT2D eigenvalue weighted by Gasteiger charge is 2.15. The zero-order valence-electron chi connectivity index (χ0n) is 12.5. The summed E-state index contributed by atoms with van der Waals surface area (Å²) in [5, 5.41) is 12.3. The van der Waals surface area contributed by atoms with Gasteiger partial charge in [-0.25, -0.2) is 0 Å². The summed E-state index contributed by atoms with van der Waals surface area (Å²) in [6, 6.07) is 10.8. The van der Waals surface area contributed by atoms with Gasteiger partial charge in [-0.3, -0.25) is 0 Å². The Morgan fingerprint density at radius 1 is 1.16 bits per heavy atom. The van der Waals surface area contributed by atoms with Crippen LogP contribution in [0, 0.1) is 16.7 Å². The molecule has 3 heteroatoms. The highest BCUT2D eigenvalue weighted by molar-refractivity contribution is 5.55. The van der Waals surface area contributed by atoms with Crippen LogP contribution in [0.4, 0.5) is 11.4 Å². The first-order valence-electron chi connectivity index (χ1n) is 7.02. The fourth-order valence-corrected chi connectivity index (χ4v) is 1.95. The first-order chi connectivity index (χ1) is 9.02. The monoisotopic (exact) mass is 259 g/mol. The van der Waals surface area contributed by atoms with E-state index in [-0.39, 0.29) is 5.41 Å². The van der Waals surface area contributed by atoms with E-state index in [9.17, 15) is 0 Å². The standard InChI is InChI=1S/C16H25N3/c1-5-19(6-2)15-9-7-14(8-10-15)18-12-11-16(3,4)13-17/h7-10,18H,5-6,11-12H2,1-4H3. The van der Waals surface area contributed by atoms with E-state index in [2.05, 4.69) is 54.4 Å². The molecule has 0 spiro atoms. The molecule has 0 aliphatic heterocycles. The SMILES string of the molecule is CCN(CC)c1ccc(NCCC(C)(C)C#N)cc1. The molecule has 1 aromatic carbocycles. The topological polar surface area (TPSA) is 39.1 Å². The van der Waals surface area contributed by atoms with E-state index in [1.54, 1.807) is 0 Å². The second-order valence-corrected chi connectivity index (χ2v) is 5.39. The van der Waals surface area contributed by atoms with E-state index in [1.165, 1.54) is 5.69 Å². The maximum Gasteiger partial charge on any atom is 0.0684 e. The van der Waals surface area contributed by atoms with Gasteiger partial charge in [0.25, 0.3) is 0 Å². The predicted molar refractivity (Wildman–Crippen MR) is 82.5 cm³/mol. The number of hydrogen-bond donors (Lipinski definition) is 1.